The topological polar surface area (TPSA) is 58.1 Å². The van der Waals surface area contributed by atoms with Crippen LogP contribution in [0.25, 0.3) is 0 Å². The smallest absolute Gasteiger partial charge is 0.242 e. The monoisotopic (exact) mass is 326 g/mol. The van der Waals surface area contributed by atoms with Gasteiger partial charge >= 0.3 is 0 Å². The Labute approximate surface area is 121 Å². The summed E-state index contributed by atoms with van der Waals surface area (Å²) in [4.78, 5) is 22.9. The molecule has 1 aliphatic rings. The van der Waals surface area contributed by atoms with Crippen LogP contribution >= 0.6 is 15.9 Å². The molecule has 1 aromatic heterocycles. The number of hydrogen-bond donors (Lipinski definition) is 1. The number of aryl methyl sites for hydroxylation is 1. The lowest BCUT2D eigenvalue weighted by Gasteiger charge is -2.35. The number of nitrogens with zero attached hydrogens (tertiary/aromatic N) is 3. The first-order valence-corrected chi connectivity index (χ1v) is 7.52. The van der Waals surface area contributed by atoms with Crippen LogP contribution in [0.3, 0.4) is 0 Å². The molecular weight excluding hydrogens is 308 g/mol. The zero-order valence-corrected chi connectivity index (χ0v) is 12.9. The van der Waals surface area contributed by atoms with Crippen molar-refractivity contribution in [3.63, 3.8) is 0 Å². The summed E-state index contributed by atoms with van der Waals surface area (Å²) in [6.45, 7) is 5.58. The molecular formula is C13H19BrN4O. The third kappa shape index (κ3) is 3.23. The number of hydrogen-bond acceptors (Lipinski definition) is 4. The molecule has 0 bridgehead atoms. The van der Waals surface area contributed by atoms with Gasteiger partial charge in [-0.15, -0.1) is 0 Å². The molecule has 0 saturated carbocycles. The minimum atomic E-state index is -0.134. The van der Waals surface area contributed by atoms with E-state index in [1.165, 1.54) is 0 Å². The first-order chi connectivity index (χ1) is 9.15. The highest BCUT2D eigenvalue weighted by Gasteiger charge is 2.29. The normalized spacial score (nSPS) is 19.4. The standard InChI is InChI=1S/C13H19BrN4O/c1-3-5-11-16-10(14)8-12(17-11)18-7-6-15-13(19)9(18)4-2/h8-9H,3-7H2,1-2H3,(H,15,19). The van der Waals surface area contributed by atoms with Crippen molar-refractivity contribution in [1.29, 1.82) is 0 Å². The van der Waals surface area contributed by atoms with Crippen molar-refractivity contribution in [3.8, 4) is 0 Å². The first-order valence-electron chi connectivity index (χ1n) is 6.73. The molecule has 5 nitrogen and oxygen atoms in total. The molecule has 0 spiro atoms. The van der Waals surface area contributed by atoms with Crippen LogP contribution < -0.4 is 10.2 Å². The Bertz CT molecular complexity index is 466. The molecule has 1 N–H and O–H groups in total. The van der Waals surface area contributed by atoms with Crippen molar-refractivity contribution in [1.82, 2.24) is 15.3 Å². The van der Waals surface area contributed by atoms with Crippen LogP contribution in [0, 0.1) is 0 Å². The Balaban J connectivity index is 2.31. The van der Waals surface area contributed by atoms with Crippen LogP contribution in [-0.2, 0) is 11.2 Å². The average molecular weight is 327 g/mol. The number of carbonyl (C=O) groups excluding carboxylic acids is 1. The molecule has 1 aromatic rings. The zero-order valence-electron chi connectivity index (χ0n) is 11.3. The molecule has 1 atom stereocenters. The summed E-state index contributed by atoms with van der Waals surface area (Å²) >= 11 is 3.43. The van der Waals surface area contributed by atoms with Crippen molar-refractivity contribution in [3.05, 3.63) is 16.5 Å². The summed E-state index contributed by atoms with van der Waals surface area (Å²) in [5.41, 5.74) is 0. The van der Waals surface area contributed by atoms with Gasteiger partial charge in [0.1, 0.15) is 22.3 Å². The third-order valence-corrected chi connectivity index (χ3v) is 3.62. The Kier molecular flexibility index (Phi) is 4.74. The lowest BCUT2D eigenvalue weighted by atomic mass is 10.1. The fourth-order valence-electron chi connectivity index (χ4n) is 2.33. The highest BCUT2D eigenvalue weighted by molar-refractivity contribution is 9.10. The number of piperazine rings is 1. The van der Waals surface area contributed by atoms with Gasteiger partial charge < -0.3 is 10.2 Å². The maximum absolute atomic E-state index is 11.9. The number of amides is 1. The van der Waals surface area contributed by atoms with Crippen molar-refractivity contribution in [2.45, 2.75) is 39.2 Å². The number of anilines is 1. The molecule has 1 fully saturated rings. The van der Waals surface area contributed by atoms with Crippen LogP contribution in [0.15, 0.2) is 10.7 Å². The summed E-state index contributed by atoms with van der Waals surface area (Å²) in [5.74, 6) is 1.75. The molecule has 1 aliphatic heterocycles. The van der Waals surface area contributed by atoms with Crippen molar-refractivity contribution < 1.29 is 4.79 Å². The Hall–Kier alpha value is -1.17. The van der Waals surface area contributed by atoms with E-state index in [4.69, 9.17) is 0 Å². The van der Waals surface area contributed by atoms with Gasteiger partial charge in [0.2, 0.25) is 5.91 Å². The second-order valence-corrected chi connectivity index (χ2v) is 5.44. The minimum absolute atomic E-state index is 0.0838. The van der Waals surface area contributed by atoms with E-state index < -0.39 is 0 Å². The number of nitrogens with one attached hydrogen (secondary N) is 1. The second kappa shape index (κ2) is 6.32. The Morgan fingerprint density at radius 3 is 2.95 bits per heavy atom. The van der Waals surface area contributed by atoms with Gasteiger partial charge in [0.25, 0.3) is 0 Å². The Morgan fingerprint density at radius 2 is 2.26 bits per heavy atom. The van der Waals surface area contributed by atoms with E-state index >= 15 is 0 Å². The van der Waals surface area contributed by atoms with E-state index in [2.05, 4.69) is 43.0 Å². The van der Waals surface area contributed by atoms with Gasteiger partial charge in [-0.25, -0.2) is 9.97 Å². The van der Waals surface area contributed by atoms with Gasteiger partial charge in [0, 0.05) is 25.6 Å². The molecule has 104 valence electrons. The van der Waals surface area contributed by atoms with Crippen molar-refractivity contribution in [2.24, 2.45) is 0 Å². The number of aromatic nitrogens is 2. The van der Waals surface area contributed by atoms with Gasteiger partial charge in [-0.2, -0.15) is 0 Å². The van der Waals surface area contributed by atoms with Crippen molar-refractivity contribution in [2.75, 3.05) is 18.0 Å². The molecule has 6 heteroatoms. The Morgan fingerprint density at radius 1 is 1.47 bits per heavy atom. The van der Waals surface area contributed by atoms with Crippen LogP contribution in [-0.4, -0.2) is 35.0 Å². The molecule has 19 heavy (non-hydrogen) atoms. The molecule has 0 aliphatic carbocycles. The fraction of sp³-hybridized carbons (Fsp3) is 0.615. The fourth-order valence-corrected chi connectivity index (χ4v) is 2.74. The molecule has 2 heterocycles. The predicted molar refractivity (Wildman–Crippen MR) is 78.2 cm³/mol. The minimum Gasteiger partial charge on any atom is -0.353 e. The molecule has 1 unspecified atom stereocenters. The SMILES string of the molecule is CCCc1nc(Br)cc(N2CCNC(=O)C2CC)n1. The van der Waals surface area contributed by atoms with Gasteiger partial charge in [0.05, 0.1) is 0 Å². The van der Waals surface area contributed by atoms with E-state index in [-0.39, 0.29) is 11.9 Å². The van der Waals surface area contributed by atoms with Crippen LogP contribution in [0.5, 0.6) is 0 Å². The molecule has 0 aromatic carbocycles. The number of carbonyl (C=O) groups is 1. The average Bonchev–Trinajstić information content (AvgIpc) is 2.38. The van der Waals surface area contributed by atoms with Gasteiger partial charge in [-0.3, -0.25) is 4.79 Å². The maximum Gasteiger partial charge on any atom is 0.242 e. The maximum atomic E-state index is 11.9. The molecule has 1 saturated heterocycles. The second-order valence-electron chi connectivity index (χ2n) is 4.62. The lowest BCUT2D eigenvalue weighted by molar-refractivity contribution is -0.123. The van der Waals surface area contributed by atoms with Gasteiger partial charge in [-0.1, -0.05) is 13.8 Å². The van der Waals surface area contributed by atoms with Crippen LogP contribution in [0.4, 0.5) is 5.82 Å². The van der Waals surface area contributed by atoms with E-state index in [1.807, 2.05) is 13.0 Å². The third-order valence-electron chi connectivity index (χ3n) is 3.21. The predicted octanol–water partition coefficient (Wildman–Crippen LogP) is 1.91. The zero-order chi connectivity index (χ0) is 13.8. The summed E-state index contributed by atoms with van der Waals surface area (Å²) in [5, 5.41) is 2.90. The number of rotatable bonds is 4. The summed E-state index contributed by atoms with van der Waals surface area (Å²) in [6, 6.07) is 1.76. The highest BCUT2D eigenvalue weighted by atomic mass is 79.9. The highest BCUT2D eigenvalue weighted by Crippen LogP contribution is 2.21. The van der Waals surface area contributed by atoms with Crippen LogP contribution in [0.2, 0.25) is 0 Å². The van der Waals surface area contributed by atoms with Gasteiger partial charge in [-0.05, 0) is 28.8 Å². The molecule has 0 radical (unpaired) electrons. The van der Waals surface area contributed by atoms with E-state index in [1.54, 1.807) is 0 Å². The van der Waals surface area contributed by atoms with Gasteiger partial charge in [0.15, 0.2) is 0 Å². The lowest BCUT2D eigenvalue weighted by Crippen LogP contribution is -2.55. The van der Waals surface area contributed by atoms with E-state index in [9.17, 15) is 4.79 Å². The van der Waals surface area contributed by atoms with Crippen LogP contribution in [0.1, 0.15) is 32.5 Å². The molecule has 1 amide bonds. The summed E-state index contributed by atoms with van der Waals surface area (Å²) in [6.07, 6.45) is 2.63. The van der Waals surface area contributed by atoms with Crippen molar-refractivity contribution >= 4 is 27.7 Å². The van der Waals surface area contributed by atoms with E-state index in [0.29, 0.717) is 6.54 Å². The summed E-state index contributed by atoms with van der Waals surface area (Å²) < 4.78 is 0.779. The molecule has 2 rings (SSSR count). The summed E-state index contributed by atoms with van der Waals surface area (Å²) in [7, 11) is 0. The largest absolute Gasteiger partial charge is 0.353 e. The first kappa shape index (κ1) is 14.2. The van der Waals surface area contributed by atoms with E-state index in [0.717, 1.165) is 42.1 Å². The quantitative estimate of drug-likeness (QED) is 0.859. The number of halogens is 1.